The predicted octanol–water partition coefficient (Wildman–Crippen LogP) is 0.761. The van der Waals surface area contributed by atoms with Crippen molar-refractivity contribution in [3.8, 4) is 5.75 Å². The first-order chi connectivity index (χ1) is 9.32. The lowest BCUT2D eigenvalue weighted by Crippen LogP contribution is -2.43. The maximum absolute atomic E-state index is 12.2. The first kappa shape index (κ1) is 16.9. The van der Waals surface area contributed by atoms with E-state index in [-0.39, 0.29) is 23.8 Å². The average molecular weight is 303 g/mol. The van der Waals surface area contributed by atoms with Crippen LogP contribution >= 0.6 is 0 Å². The van der Waals surface area contributed by atoms with Gasteiger partial charge >= 0.3 is 0 Å². The Balaban J connectivity index is 2.89. The van der Waals surface area contributed by atoms with Gasteiger partial charge in [-0.15, -0.1) is 0 Å². The molecule has 20 heavy (non-hydrogen) atoms. The lowest BCUT2D eigenvalue weighted by atomic mass is 10.1. The molecule has 0 saturated carbocycles. The molecule has 6 nitrogen and oxygen atoms in total. The van der Waals surface area contributed by atoms with E-state index in [1.54, 1.807) is 25.1 Å². The second kappa shape index (κ2) is 7.03. The van der Waals surface area contributed by atoms with E-state index in [2.05, 4.69) is 4.72 Å². The third-order valence-electron chi connectivity index (χ3n) is 2.54. The van der Waals surface area contributed by atoms with E-state index in [0.717, 1.165) is 0 Å². The van der Waals surface area contributed by atoms with Crippen molar-refractivity contribution in [1.29, 1.82) is 0 Å². The van der Waals surface area contributed by atoms with Crippen LogP contribution in [0.15, 0.2) is 29.2 Å². The van der Waals surface area contributed by atoms with Crippen molar-refractivity contribution in [3.63, 3.8) is 0 Å². The van der Waals surface area contributed by atoms with Crippen molar-refractivity contribution in [2.24, 2.45) is 0 Å². The molecule has 0 spiro atoms. The van der Waals surface area contributed by atoms with Gasteiger partial charge in [0.1, 0.15) is 10.6 Å². The largest absolute Gasteiger partial charge is 0.492 e. The lowest BCUT2D eigenvalue weighted by molar-refractivity contribution is -0.0120. The van der Waals surface area contributed by atoms with Crippen LogP contribution in [0.5, 0.6) is 5.75 Å². The molecule has 0 fully saturated rings. The van der Waals surface area contributed by atoms with Crippen LogP contribution in [-0.4, -0.2) is 46.0 Å². The van der Waals surface area contributed by atoms with E-state index in [4.69, 9.17) is 9.47 Å². The van der Waals surface area contributed by atoms with Crippen LogP contribution < -0.4 is 9.46 Å². The molecule has 114 valence electrons. The molecule has 2 N–H and O–H groups in total. The molecule has 1 atom stereocenters. The van der Waals surface area contributed by atoms with Crippen LogP contribution in [0.3, 0.4) is 0 Å². The second-order valence-corrected chi connectivity index (χ2v) is 6.37. The Labute approximate surface area is 119 Å². The molecule has 0 aliphatic heterocycles. The monoisotopic (exact) mass is 303 g/mol. The molecule has 0 saturated heterocycles. The fourth-order valence-corrected chi connectivity index (χ4v) is 2.94. The van der Waals surface area contributed by atoms with Gasteiger partial charge in [0.2, 0.25) is 10.0 Å². The first-order valence-corrected chi connectivity index (χ1v) is 7.73. The Morgan fingerprint density at radius 2 is 2.00 bits per heavy atom. The highest BCUT2D eigenvalue weighted by molar-refractivity contribution is 7.89. The maximum atomic E-state index is 12.2. The third kappa shape index (κ3) is 4.75. The van der Waals surface area contributed by atoms with E-state index in [1.165, 1.54) is 20.1 Å². The first-order valence-electron chi connectivity index (χ1n) is 6.25. The summed E-state index contributed by atoms with van der Waals surface area (Å²) < 4.78 is 37.0. The Morgan fingerprint density at radius 1 is 1.35 bits per heavy atom. The minimum absolute atomic E-state index is 0.0304. The normalized spacial score (nSPS) is 14.8. The predicted molar refractivity (Wildman–Crippen MR) is 75.3 cm³/mol. The molecular formula is C13H21NO5S. The number of hydrogen-bond donors (Lipinski definition) is 2. The van der Waals surface area contributed by atoms with Crippen LogP contribution in [0.2, 0.25) is 0 Å². The molecule has 1 aromatic carbocycles. The lowest BCUT2D eigenvalue weighted by Gasteiger charge is -2.22. The zero-order valence-electron chi connectivity index (χ0n) is 11.9. The molecule has 1 unspecified atom stereocenters. The van der Waals surface area contributed by atoms with Crippen molar-refractivity contribution in [1.82, 2.24) is 4.72 Å². The van der Waals surface area contributed by atoms with E-state index in [1.807, 2.05) is 0 Å². The number of ether oxygens (including phenoxy) is 2. The molecule has 1 aromatic rings. The number of aliphatic hydroxyl groups is 1. The van der Waals surface area contributed by atoms with E-state index >= 15 is 0 Å². The topological polar surface area (TPSA) is 84.9 Å². The van der Waals surface area contributed by atoms with Gasteiger partial charge in [-0.1, -0.05) is 12.1 Å². The Morgan fingerprint density at radius 3 is 2.60 bits per heavy atom. The molecule has 0 aromatic heterocycles. The number of rotatable bonds is 8. The van der Waals surface area contributed by atoms with E-state index < -0.39 is 15.6 Å². The summed E-state index contributed by atoms with van der Waals surface area (Å²) in [5.74, 6) is 0.286. The Hall–Kier alpha value is -1.15. The summed E-state index contributed by atoms with van der Waals surface area (Å²) >= 11 is 0. The average Bonchev–Trinajstić information content (AvgIpc) is 2.38. The van der Waals surface area contributed by atoms with Crippen LogP contribution in [-0.2, 0) is 14.8 Å². The van der Waals surface area contributed by atoms with Gasteiger partial charge in [0.05, 0.1) is 18.8 Å². The number of hydrogen-bond acceptors (Lipinski definition) is 5. The second-order valence-electron chi connectivity index (χ2n) is 4.63. The van der Waals surface area contributed by atoms with Gasteiger partial charge in [0.25, 0.3) is 0 Å². The van der Waals surface area contributed by atoms with Crippen LogP contribution in [0, 0.1) is 0 Å². The van der Waals surface area contributed by atoms with Gasteiger partial charge in [0, 0.05) is 13.7 Å². The van der Waals surface area contributed by atoms with Gasteiger partial charge in [-0.25, -0.2) is 13.1 Å². The fourth-order valence-electron chi connectivity index (χ4n) is 1.64. The SMILES string of the molecule is CCOc1ccccc1S(=O)(=O)NCC(C)(O)COC. The highest BCUT2D eigenvalue weighted by atomic mass is 32.2. The summed E-state index contributed by atoms with van der Waals surface area (Å²) in [6.07, 6.45) is 0. The standard InChI is InChI=1S/C13H21NO5S/c1-4-19-11-7-5-6-8-12(11)20(16,17)14-9-13(2,15)10-18-3/h5-8,14-15H,4,9-10H2,1-3H3. The molecule has 1 rings (SSSR count). The number of nitrogens with one attached hydrogen (secondary N) is 1. The Kier molecular flexibility index (Phi) is 5.94. The summed E-state index contributed by atoms with van der Waals surface area (Å²) in [5, 5.41) is 9.91. The third-order valence-corrected chi connectivity index (χ3v) is 3.98. The number of para-hydroxylation sites is 1. The molecule has 0 radical (unpaired) electrons. The smallest absolute Gasteiger partial charge is 0.244 e. The number of methoxy groups -OCH3 is 1. The summed E-state index contributed by atoms with van der Waals surface area (Å²) in [7, 11) is -2.32. The minimum Gasteiger partial charge on any atom is -0.492 e. The molecule has 0 bridgehead atoms. The Bertz CT molecular complexity index is 527. The summed E-state index contributed by atoms with van der Waals surface area (Å²) in [4.78, 5) is 0.0510. The van der Waals surface area contributed by atoms with Crippen LogP contribution in [0.25, 0.3) is 0 Å². The zero-order chi connectivity index (χ0) is 15.2. The van der Waals surface area contributed by atoms with Crippen molar-refractivity contribution >= 4 is 10.0 Å². The molecule has 0 heterocycles. The molecule has 0 aliphatic rings. The van der Waals surface area contributed by atoms with Gasteiger partial charge in [-0.3, -0.25) is 0 Å². The summed E-state index contributed by atoms with van der Waals surface area (Å²) in [5.41, 5.74) is -1.28. The van der Waals surface area contributed by atoms with E-state index in [0.29, 0.717) is 6.61 Å². The number of sulfonamides is 1. The maximum Gasteiger partial charge on any atom is 0.244 e. The van der Waals surface area contributed by atoms with E-state index in [9.17, 15) is 13.5 Å². The summed E-state index contributed by atoms with van der Waals surface area (Å²) in [6, 6.07) is 6.36. The van der Waals surface area contributed by atoms with Crippen LogP contribution in [0.4, 0.5) is 0 Å². The summed E-state index contributed by atoms with van der Waals surface area (Å²) in [6.45, 7) is 3.52. The molecule has 0 aliphatic carbocycles. The number of benzene rings is 1. The van der Waals surface area contributed by atoms with Crippen LogP contribution in [0.1, 0.15) is 13.8 Å². The van der Waals surface area contributed by atoms with Crippen molar-refractivity contribution < 1.29 is 23.0 Å². The quantitative estimate of drug-likeness (QED) is 0.740. The van der Waals surface area contributed by atoms with Gasteiger partial charge in [-0.05, 0) is 26.0 Å². The fraction of sp³-hybridized carbons (Fsp3) is 0.538. The van der Waals surface area contributed by atoms with Gasteiger partial charge < -0.3 is 14.6 Å². The molecule has 0 amide bonds. The minimum atomic E-state index is -3.76. The van der Waals surface area contributed by atoms with Gasteiger partial charge in [0.15, 0.2) is 0 Å². The zero-order valence-corrected chi connectivity index (χ0v) is 12.7. The highest BCUT2D eigenvalue weighted by Crippen LogP contribution is 2.23. The van der Waals surface area contributed by atoms with Crippen molar-refractivity contribution in [3.05, 3.63) is 24.3 Å². The van der Waals surface area contributed by atoms with Gasteiger partial charge in [-0.2, -0.15) is 0 Å². The van der Waals surface area contributed by atoms with Crippen molar-refractivity contribution in [2.75, 3.05) is 26.9 Å². The highest BCUT2D eigenvalue weighted by Gasteiger charge is 2.25. The molecule has 7 heteroatoms. The molecular weight excluding hydrogens is 282 g/mol. The van der Waals surface area contributed by atoms with Crippen molar-refractivity contribution in [2.45, 2.75) is 24.3 Å².